The zero-order valence-electron chi connectivity index (χ0n) is 20.6. The van der Waals surface area contributed by atoms with E-state index in [1.165, 1.54) is 12.1 Å². The van der Waals surface area contributed by atoms with Gasteiger partial charge in [-0.3, -0.25) is 0 Å². The minimum Gasteiger partial charge on any atom is -0.490 e. The SMILES string of the molecule is C=CCc1cc(CNc2ccc(Oc3ccccc3)cc2)cc(OCC)c1OS(=O)(=O)c1ccccc1. The van der Waals surface area contributed by atoms with Gasteiger partial charge in [-0.25, -0.2) is 0 Å². The molecule has 0 aromatic heterocycles. The van der Waals surface area contributed by atoms with Crippen LogP contribution in [-0.2, 0) is 23.1 Å². The molecule has 0 amide bonds. The van der Waals surface area contributed by atoms with Crippen molar-refractivity contribution in [3.63, 3.8) is 0 Å². The molecule has 37 heavy (non-hydrogen) atoms. The van der Waals surface area contributed by atoms with Crippen LogP contribution in [0, 0.1) is 0 Å². The molecule has 0 aliphatic heterocycles. The van der Waals surface area contributed by atoms with Gasteiger partial charge in [-0.15, -0.1) is 6.58 Å². The molecule has 0 fully saturated rings. The number of benzene rings is 4. The summed E-state index contributed by atoms with van der Waals surface area (Å²) in [4.78, 5) is 0.0763. The lowest BCUT2D eigenvalue weighted by Crippen LogP contribution is -2.13. The van der Waals surface area contributed by atoms with Gasteiger partial charge in [-0.05, 0) is 79.6 Å². The van der Waals surface area contributed by atoms with Crippen LogP contribution in [0.15, 0.2) is 115 Å². The standard InChI is InChI=1S/C30H29NO5S/c1-3-11-24-20-23(22-31-25-16-18-27(19-17-25)35-26-12-7-5-8-13-26)21-29(34-4-2)30(24)36-37(32,33)28-14-9-6-10-15-28/h3,5-10,12-21,31H,1,4,11,22H2,2H3. The van der Waals surface area contributed by atoms with Gasteiger partial charge in [-0.1, -0.05) is 42.5 Å². The number of rotatable bonds is 12. The number of para-hydroxylation sites is 1. The average molecular weight is 516 g/mol. The molecule has 0 aliphatic carbocycles. The molecular weight excluding hydrogens is 486 g/mol. The van der Waals surface area contributed by atoms with Crippen molar-refractivity contribution in [2.24, 2.45) is 0 Å². The highest BCUT2D eigenvalue weighted by atomic mass is 32.2. The molecular formula is C30H29NO5S. The van der Waals surface area contributed by atoms with Gasteiger partial charge < -0.3 is 19.0 Å². The lowest BCUT2D eigenvalue weighted by Gasteiger charge is -2.18. The molecule has 0 atom stereocenters. The number of allylic oxidation sites excluding steroid dienone is 1. The molecule has 0 radical (unpaired) electrons. The molecule has 190 valence electrons. The number of hydrogen-bond donors (Lipinski definition) is 1. The van der Waals surface area contributed by atoms with Gasteiger partial charge in [0.25, 0.3) is 0 Å². The highest BCUT2D eigenvalue weighted by molar-refractivity contribution is 7.87. The maximum atomic E-state index is 12.9. The van der Waals surface area contributed by atoms with E-state index in [0.29, 0.717) is 30.9 Å². The summed E-state index contributed by atoms with van der Waals surface area (Å²) in [6, 6.07) is 29.0. The largest absolute Gasteiger partial charge is 0.490 e. The zero-order valence-corrected chi connectivity index (χ0v) is 21.4. The van der Waals surface area contributed by atoms with E-state index in [9.17, 15) is 8.42 Å². The fourth-order valence-corrected chi connectivity index (χ4v) is 4.70. The Hall–Kier alpha value is -4.23. The predicted molar refractivity (Wildman–Crippen MR) is 146 cm³/mol. The fourth-order valence-electron chi connectivity index (χ4n) is 3.70. The molecule has 0 heterocycles. The van der Waals surface area contributed by atoms with Crippen LogP contribution in [-0.4, -0.2) is 15.0 Å². The first-order chi connectivity index (χ1) is 18.0. The summed E-state index contributed by atoms with van der Waals surface area (Å²) in [6.07, 6.45) is 2.12. The van der Waals surface area contributed by atoms with Crippen LogP contribution in [0.25, 0.3) is 0 Å². The lowest BCUT2D eigenvalue weighted by atomic mass is 10.1. The molecule has 0 unspecified atom stereocenters. The predicted octanol–water partition coefficient (Wildman–Crippen LogP) is 6.99. The highest BCUT2D eigenvalue weighted by Gasteiger charge is 2.22. The van der Waals surface area contributed by atoms with Crippen molar-refractivity contribution in [3.05, 3.63) is 121 Å². The number of ether oxygens (including phenoxy) is 2. The summed E-state index contributed by atoms with van der Waals surface area (Å²) < 4.78 is 43.1. The molecule has 1 N–H and O–H groups in total. The Morgan fingerprint density at radius 1 is 0.865 bits per heavy atom. The van der Waals surface area contributed by atoms with Crippen molar-refractivity contribution in [1.29, 1.82) is 0 Å². The van der Waals surface area contributed by atoms with Crippen molar-refractivity contribution < 1.29 is 22.1 Å². The van der Waals surface area contributed by atoms with E-state index in [1.807, 2.05) is 67.6 Å². The second-order valence-electron chi connectivity index (χ2n) is 8.15. The minimum atomic E-state index is -4.03. The van der Waals surface area contributed by atoms with Gasteiger partial charge in [0.1, 0.15) is 16.4 Å². The van der Waals surface area contributed by atoms with Crippen LogP contribution in [0.4, 0.5) is 5.69 Å². The topological polar surface area (TPSA) is 73.9 Å². The Bertz CT molecular complexity index is 1420. The maximum absolute atomic E-state index is 12.9. The Kier molecular flexibility index (Phi) is 8.48. The van der Waals surface area contributed by atoms with Gasteiger partial charge in [0, 0.05) is 17.8 Å². The van der Waals surface area contributed by atoms with E-state index in [1.54, 1.807) is 30.3 Å². The molecule has 6 nitrogen and oxygen atoms in total. The van der Waals surface area contributed by atoms with Crippen LogP contribution < -0.4 is 19.0 Å². The van der Waals surface area contributed by atoms with Crippen LogP contribution in [0.5, 0.6) is 23.0 Å². The highest BCUT2D eigenvalue weighted by Crippen LogP contribution is 2.36. The van der Waals surface area contributed by atoms with Crippen LogP contribution in [0.2, 0.25) is 0 Å². The van der Waals surface area contributed by atoms with Crippen molar-refractivity contribution in [2.45, 2.75) is 24.8 Å². The van der Waals surface area contributed by atoms with Crippen molar-refractivity contribution in [3.8, 4) is 23.0 Å². The second kappa shape index (κ2) is 12.1. The summed E-state index contributed by atoms with van der Waals surface area (Å²) >= 11 is 0. The Balaban J connectivity index is 1.53. The molecule has 4 rings (SSSR count). The number of hydrogen-bond acceptors (Lipinski definition) is 6. The van der Waals surface area contributed by atoms with E-state index < -0.39 is 10.1 Å². The number of nitrogens with one attached hydrogen (secondary N) is 1. The van der Waals surface area contributed by atoms with E-state index in [4.69, 9.17) is 13.7 Å². The minimum absolute atomic E-state index is 0.0763. The lowest BCUT2D eigenvalue weighted by molar-refractivity contribution is 0.326. The summed E-state index contributed by atoms with van der Waals surface area (Å²) in [5, 5.41) is 3.39. The first kappa shape index (κ1) is 25.9. The van der Waals surface area contributed by atoms with Gasteiger partial charge in [-0.2, -0.15) is 8.42 Å². The molecule has 0 saturated carbocycles. The number of anilines is 1. The molecule has 0 saturated heterocycles. The molecule has 4 aromatic carbocycles. The van der Waals surface area contributed by atoms with Gasteiger partial charge in [0.2, 0.25) is 0 Å². The summed E-state index contributed by atoms with van der Waals surface area (Å²) in [7, 11) is -4.03. The van der Waals surface area contributed by atoms with Crippen molar-refractivity contribution in [2.75, 3.05) is 11.9 Å². The molecule has 0 bridgehead atoms. The van der Waals surface area contributed by atoms with Crippen LogP contribution in [0.3, 0.4) is 0 Å². The first-order valence-corrected chi connectivity index (χ1v) is 13.3. The first-order valence-electron chi connectivity index (χ1n) is 11.9. The average Bonchev–Trinajstić information content (AvgIpc) is 2.91. The van der Waals surface area contributed by atoms with Gasteiger partial charge >= 0.3 is 10.1 Å². The zero-order chi connectivity index (χ0) is 26.1. The Morgan fingerprint density at radius 2 is 1.51 bits per heavy atom. The smallest absolute Gasteiger partial charge is 0.339 e. The molecule has 0 aliphatic rings. The Morgan fingerprint density at radius 3 is 2.16 bits per heavy atom. The van der Waals surface area contributed by atoms with Crippen LogP contribution in [0.1, 0.15) is 18.1 Å². The summed E-state index contributed by atoms with van der Waals surface area (Å²) in [5.41, 5.74) is 2.49. The third-order valence-electron chi connectivity index (χ3n) is 5.41. The van der Waals surface area contributed by atoms with Gasteiger partial charge in [0.05, 0.1) is 6.61 Å². The Labute approximate surface area is 218 Å². The third kappa shape index (κ3) is 6.92. The molecule has 7 heteroatoms. The van der Waals surface area contributed by atoms with Gasteiger partial charge in [0.15, 0.2) is 11.5 Å². The van der Waals surface area contributed by atoms with Crippen molar-refractivity contribution >= 4 is 15.8 Å². The third-order valence-corrected chi connectivity index (χ3v) is 6.65. The van der Waals surface area contributed by atoms with E-state index in [2.05, 4.69) is 11.9 Å². The summed E-state index contributed by atoms with van der Waals surface area (Å²) in [5.74, 6) is 2.06. The van der Waals surface area contributed by atoms with Crippen molar-refractivity contribution in [1.82, 2.24) is 0 Å². The molecule has 0 spiro atoms. The van der Waals surface area contributed by atoms with E-state index >= 15 is 0 Å². The van der Waals surface area contributed by atoms with Crippen LogP contribution >= 0.6 is 0 Å². The summed E-state index contributed by atoms with van der Waals surface area (Å²) in [6.45, 7) is 6.51. The monoisotopic (exact) mass is 515 g/mol. The second-order valence-corrected chi connectivity index (χ2v) is 9.70. The fraction of sp³-hybridized carbons (Fsp3) is 0.133. The quantitative estimate of drug-likeness (QED) is 0.162. The normalized spacial score (nSPS) is 10.9. The molecule has 4 aromatic rings. The van der Waals surface area contributed by atoms with E-state index in [-0.39, 0.29) is 10.6 Å². The maximum Gasteiger partial charge on any atom is 0.339 e. The van der Waals surface area contributed by atoms with E-state index in [0.717, 1.165) is 22.7 Å².